The first-order valence-electron chi connectivity index (χ1n) is 15.7. The van der Waals surface area contributed by atoms with Crippen molar-refractivity contribution in [1.29, 1.82) is 0 Å². The molecule has 0 N–H and O–H groups in total. The molecule has 1 saturated heterocycles. The Morgan fingerprint density at radius 1 is 1.11 bits per heavy atom. The minimum atomic E-state index is -0.910. The number of esters is 1. The third-order valence-electron chi connectivity index (χ3n) is 8.54. The number of ether oxygens (including phenoxy) is 2. The van der Waals surface area contributed by atoms with Gasteiger partial charge in [-0.2, -0.15) is 5.10 Å². The van der Waals surface area contributed by atoms with Crippen molar-refractivity contribution in [2.24, 2.45) is 13.0 Å². The van der Waals surface area contributed by atoms with Gasteiger partial charge in [-0.25, -0.2) is 9.78 Å². The van der Waals surface area contributed by atoms with Gasteiger partial charge in [-0.1, -0.05) is 37.1 Å². The van der Waals surface area contributed by atoms with E-state index in [1.54, 1.807) is 11.3 Å². The van der Waals surface area contributed by atoms with Crippen LogP contribution in [0.4, 0.5) is 5.82 Å². The van der Waals surface area contributed by atoms with Crippen LogP contribution in [-0.2, 0) is 21.3 Å². The van der Waals surface area contributed by atoms with E-state index >= 15 is 0 Å². The van der Waals surface area contributed by atoms with E-state index in [4.69, 9.17) is 31.2 Å². The molecule has 3 aromatic carbocycles. The highest BCUT2D eigenvalue weighted by molar-refractivity contribution is 7.22. The highest BCUT2D eigenvalue weighted by atomic mass is 35.5. The van der Waals surface area contributed by atoms with Crippen molar-refractivity contribution >= 4 is 55.8 Å². The first-order chi connectivity index (χ1) is 21.5. The predicted molar refractivity (Wildman–Crippen MR) is 185 cm³/mol. The summed E-state index contributed by atoms with van der Waals surface area (Å²) in [7, 11) is 2.01. The van der Waals surface area contributed by atoms with E-state index in [1.165, 1.54) is 12.8 Å². The van der Waals surface area contributed by atoms with E-state index in [9.17, 15) is 4.79 Å². The molecule has 7 nitrogen and oxygen atoms in total. The van der Waals surface area contributed by atoms with Crippen LogP contribution in [0, 0.1) is 12.8 Å². The van der Waals surface area contributed by atoms with Crippen molar-refractivity contribution < 1.29 is 14.3 Å². The van der Waals surface area contributed by atoms with Gasteiger partial charge in [0, 0.05) is 47.2 Å². The summed E-state index contributed by atoms with van der Waals surface area (Å²) in [6.07, 6.45) is 1.48. The van der Waals surface area contributed by atoms with E-state index in [0.29, 0.717) is 10.9 Å². The Balaban J connectivity index is 1.54. The van der Waals surface area contributed by atoms with Crippen LogP contribution < -0.4 is 4.90 Å². The number of hydrogen-bond acceptors (Lipinski definition) is 7. The van der Waals surface area contributed by atoms with E-state index in [0.717, 1.165) is 72.9 Å². The second-order valence-corrected chi connectivity index (χ2v) is 14.3. The van der Waals surface area contributed by atoms with Crippen LogP contribution in [0.25, 0.3) is 42.8 Å². The number of aromatic nitrogens is 3. The van der Waals surface area contributed by atoms with Crippen molar-refractivity contribution in [3.63, 3.8) is 0 Å². The summed E-state index contributed by atoms with van der Waals surface area (Å²) in [5, 5.41) is 7.63. The van der Waals surface area contributed by atoms with Crippen LogP contribution in [-0.4, -0.2) is 46.0 Å². The molecule has 0 aliphatic carbocycles. The maximum atomic E-state index is 13.5. The number of carbonyl (C=O) groups is 1. The molecule has 9 heteroatoms. The summed E-state index contributed by atoms with van der Waals surface area (Å²) < 4.78 is 15.0. The van der Waals surface area contributed by atoms with Crippen LogP contribution >= 0.6 is 22.9 Å². The van der Waals surface area contributed by atoms with Gasteiger partial charge in [0.15, 0.2) is 11.9 Å². The average Bonchev–Trinajstić information content (AvgIpc) is 3.72. The van der Waals surface area contributed by atoms with Crippen LogP contribution in [0.15, 0.2) is 48.5 Å². The lowest BCUT2D eigenvalue weighted by Crippen LogP contribution is -2.29. The summed E-state index contributed by atoms with van der Waals surface area (Å²) in [4.78, 5) is 21.1. The fourth-order valence-corrected chi connectivity index (χ4v) is 7.59. The normalized spacial score (nSPS) is 16.2. The summed E-state index contributed by atoms with van der Waals surface area (Å²) in [6, 6.07) is 16.3. The van der Waals surface area contributed by atoms with Gasteiger partial charge in [-0.15, -0.1) is 11.3 Å². The van der Waals surface area contributed by atoms with Gasteiger partial charge in [0.25, 0.3) is 0 Å². The highest BCUT2D eigenvalue weighted by Gasteiger charge is 2.34. The minimum Gasteiger partial charge on any atom is -0.464 e. The fraction of sp³-hybridized carbons (Fsp3) is 0.417. The maximum Gasteiger partial charge on any atom is 0.339 e. The van der Waals surface area contributed by atoms with Gasteiger partial charge in [0.05, 0.1) is 27.9 Å². The van der Waals surface area contributed by atoms with Crippen molar-refractivity contribution in [2.75, 3.05) is 24.6 Å². The number of rotatable bonds is 8. The molecule has 5 aromatic rings. The molecular formula is C36H41ClN4O3S. The lowest BCUT2D eigenvalue weighted by atomic mass is 9.91. The molecule has 0 radical (unpaired) electrons. The number of nitrogens with zero attached hydrogens (tertiary/aromatic N) is 4. The number of halogens is 1. The third kappa shape index (κ3) is 6.20. The molecule has 1 fully saturated rings. The van der Waals surface area contributed by atoms with Crippen LogP contribution in [0.2, 0.25) is 5.02 Å². The Labute approximate surface area is 274 Å². The zero-order valence-corrected chi connectivity index (χ0v) is 28.7. The Kier molecular flexibility index (Phi) is 8.67. The molecule has 2 aromatic heterocycles. The number of anilines is 1. The number of benzene rings is 3. The first-order valence-corrected chi connectivity index (χ1v) is 16.9. The van der Waals surface area contributed by atoms with E-state index in [2.05, 4.69) is 36.1 Å². The fourth-order valence-electron chi connectivity index (χ4n) is 6.34. The van der Waals surface area contributed by atoms with Crippen molar-refractivity contribution in [2.45, 2.75) is 66.1 Å². The van der Waals surface area contributed by atoms with Gasteiger partial charge < -0.3 is 14.4 Å². The van der Waals surface area contributed by atoms with Crippen LogP contribution in [0.3, 0.4) is 0 Å². The monoisotopic (exact) mass is 644 g/mol. The van der Waals surface area contributed by atoms with Gasteiger partial charge in [-0.3, -0.25) is 4.68 Å². The maximum absolute atomic E-state index is 13.5. The molecule has 0 unspecified atom stereocenters. The minimum absolute atomic E-state index is 0.264. The largest absolute Gasteiger partial charge is 0.464 e. The quantitative estimate of drug-likeness (QED) is 0.157. The van der Waals surface area contributed by atoms with Gasteiger partial charge >= 0.3 is 5.97 Å². The zero-order valence-electron chi connectivity index (χ0n) is 27.1. The predicted octanol–water partition coefficient (Wildman–Crippen LogP) is 9.13. The molecule has 0 saturated carbocycles. The molecule has 2 atom stereocenters. The van der Waals surface area contributed by atoms with Gasteiger partial charge in [0.1, 0.15) is 5.01 Å². The summed E-state index contributed by atoms with van der Waals surface area (Å²) >= 11 is 7.94. The molecule has 0 spiro atoms. The standard InChI is InChI=1S/C36H41ClN4O3S/c1-8-22-16-17-41(20-22)33-26-19-24(12-15-28(26)40(7)39-33)34-38-27-18-21(3)29(31(35(42)43-9-2)44-36(4,5)6)30(32(27)45-34)23-10-13-25(37)14-11-23/h10-15,18-19,22,31H,8-9,16-17,20H2,1-7H3/t22-,31-/m0/s1. The lowest BCUT2D eigenvalue weighted by Gasteiger charge is -2.29. The van der Waals surface area contributed by atoms with Gasteiger partial charge in [0.2, 0.25) is 0 Å². The van der Waals surface area contributed by atoms with Crippen molar-refractivity contribution in [1.82, 2.24) is 14.8 Å². The smallest absolute Gasteiger partial charge is 0.339 e. The topological polar surface area (TPSA) is 69.5 Å². The summed E-state index contributed by atoms with van der Waals surface area (Å²) in [5.41, 5.74) is 5.99. The van der Waals surface area contributed by atoms with Crippen LogP contribution in [0.5, 0.6) is 0 Å². The molecule has 0 amide bonds. The second-order valence-electron chi connectivity index (χ2n) is 12.9. The van der Waals surface area contributed by atoms with Crippen molar-refractivity contribution in [3.8, 4) is 21.7 Å². The summed E-state index contributed by atoms with van der Waals surface area (Å²) in [6.45, 7) is 14.3. The molecule has 0 bridgehead atoms. The SMILES string of the molecule is CCOC(=O)[C@@H](OC(C)(C)C)c1c(C)cc2nc(-c3ccc4c(c3)c(N3CC[C@H](CC)C3)nn4C)sc2c1-c1ccc(Cl)cc1. The van der Waals surface area contributed by atoms with Crippen molar-refractivity contribution in [3.05, 3.63) is 64.7 Å². The van der Waals surface area contributed by atoms with Gasteiger partial charge in [-0.05, 0) is 94.5 Å². The number of carbonyl (C=O) groups excluding carboxylic acids is 1. The van der Waals surface area contributed by atoms with E-state index < -0.39 is 17.7 Å². The van der Waals surface area contributed by atoms with E-state index in [1.807, 2.05) is 70.6 Å². The number of aryl methyl sites for hydroxylation is 2. The molecule has 6 rings (SSSR count). The Bertz CT molecular complexity index is 1870. The highest BCUT2D eigenvalue weighted by Crippen LogP contribution is 2.45. The average molecular weight is 645 g/mol. The second kappa shape index (κ2) is 12.4. The molecule has 3 heterocycles. The molecule has 1 aliphatic heterocycles. The number of fused-ring (bicyclic) bond motifs is 2. The number of hydrogen-bond donors (Lipinski definition) is 0. The first kappa shape index (κ1) is 31.5. The van der Waals surface area contributed by atoms with E-state index in [-0.39, 0.29) is 6.61 Å². The summed E-state index contributed by atoms with van der Waals surface area (Å²) in [5.74, 6) is 1.35. The zero-order chi connectivity index (χ0) is 32.0. The Hall–Kier alpha value is -3.46. The molecule has 1 aliphatic rings. The Morgan fingerprint density at radius 2 is 1.84 bits per heavy atom. The molecule has 236 valence electrons. The Morgan fingerprint density at radius 3 is 2.51 bits per heavy atom. The van der Waals surface area contributed by atoms with Crippen LogP contribution in [0.1, 0.15) is 64.7 Å². The lowest BCUT2D eigenvalue weighted by molar-refractivity contribution is -0.166. The third-order valence-corrected chi connectivity index (χ3v) is 9.93. The number of thiazole rings is 1. The molecular weight excluding hydrogens is 604 g/mol. The molecule has 45 heavy (non-hydrogen) atoms.